The Morgan fingerprint density at radius 1 is 1.13 bits per heavy atom. The molecule has 0 atom stereocenters. The van der Waals surface area contributed by atoms with E-state index in [-0.39, 0.29) is 11.6 Å². The molecule has 162 valence electrons. The van der Waals surface area contributed by atoms with Gasteiger partial charge < -0.3 is 10.1 Å². The summed E-state index contributed by atoms with van der Waals surface area (Å²) in [5.41, 5.74) is 3.16. The molecule has 1 amide bonds. The van der Waals surface area contributed by atoms with Crippen molar-refractivity contribution in [3.8, 4) is 5.69 Å². The van der Waals surface area contributed by atoms with E-state index in [4.69, 9.17) is 4.74 Å². The number of anilines is 1. The number of morpholine rings is 1. The number of amides is 1. The van der Waals surface area contributed by atoms with E-state index in [1.165, 1.54) is 10.7 Å². The van der Waals surface area contributed by atoms with Crippen molar-refractivity contribution in [3.63, 3.8) is 0 Å². The van der Waals surface area contributed by atoms with Crippen molar-refractivity contribution in [2.24, 2.45) is 0 Å². The van der Waals surface area contributed by atoms with Crippen molar-refractivity contribution in [1.82, 2.24) is 14.7 Å². The Morgan fingerprint density at radius 3 is 2.65 bits per heavy atom. The van der Waals surface area contributed by atoms with Crippen molar-refractivity contribution in [1.29, 1.82) is 0 Å². The van der Waals surface area contributed by atoms with Crippen molar-refractivity contribution in [2.75, 3.05) is 31.6 Å². The van der Waals surface area contributed by atoms with Gasteiger partial charge in [0.1, 0.15) is 11.5 Å². The minimum atomic E-state index is -0.742. The van der Waals surface area contributed by atoms with Gasteiger partial charge in [-0.2, -0.15) is 5.10 Å². The van der Waals surface area contributed by atoms with Gasteiger partial charge in [0, 0.05) is 31.4 Å². The monoisotopic (exact) mass is 426 g/mol. The van der Waals surface area contributed by atoms with Crippen LogP contribution < -0.4 is 5.32 Å². The van der Waals surface area contributed by atoms with Crippen molar-refractivity contribution in [2.45, 2.75) is 20.4 Å². The molecule has 0 unspecified atom stereocenters. The molecule has 0 spiro atoms. The number of halogens is 2. The highest BCUT2D eigenvalue weighted by Gasteiger charge is 2.21. The van der Waals surface area contributed by atoms with Gasteiger partial charge in [-0.1, -0.05) is 12.1 Å². The summed E-state index contributed by atoms with van der Waals surface area (Å²) in [4.78, 5) is 15.3. The number of nitrogens with zero attached hydrogens (tertiary/aromatic N) is 3. The van der Waals surface area contributed by atoms with Crippen molar-refractivity contribution >= 4 is 11.6 Å². The molecule has 2 aromatic carbocycles. The van der Waals surface area contributed by atoms with Gasteiger partial charge >= 0.3 is 0 Å². The molecule has 8 heteroatoms. The summed E-state index contributed by atoms with van der Waals surface area (Å²) >= 11 is 0. The predicted octanol–water partition coefficient (Wildman–Crippen LogP) is 3.85. The Balaban J connectivity index is 1.54. The van der Waals surface area contributed by atoms with Gasteiger partial charge in [-0.05, 0) is 43.7 Å². The molecule has 1 saturated heterocycles. The number of ether oxygens (including phenoxy) is 1. The SMILES string of the molecule is Cc1nn(-c2ccc(F)cc2F)c(C)c1C(=O)Nc1cccc(CN2CCOCC2)c1. The lowest BCUT2D eigenvalue weighted by atomic mass is 10.1. The average Bonchev–Trinajstić information content (AvgIpc) is 3.03. The van der Waals surface area contributed by atoms with Gasteiger partial charge in [-0.15, -0.1) is 0 Å². The quantitative estimate of drug-likeness (QED) is 0.673. The van der Waals surface area contributed by atoms with Crippen LogP contribution in [0.3, 0.4) is 0 Å². The number of hydrogen-bond acceptors (Lipinski definition) is 4. The van der Waals surface area contributed by atoms with E-state index in [1.807, 2.05) is 24.3 Å². The van der Waals surface area contributed by atoms with E-state index in [0.717, 1.165) is 50.5 Å². The fourth-order valence-electron chi connectivity index (χ4n) is 3.82. The predicted molar refractivity (Wildman–Crippen MR) is 113 cm³/mol. The molecule has 31 heavy (non-hydrogen) atoms. The maximum atomic E-state index is 14.2. The third-order valence-electron chi connectivity index (χ3n) is 5.35. The standard InChI is InChI=1S/C23H24F2N4O2/c1-15-22(16(2)29(27-15)21-7-6-18(24)13-20(21)25)23(30)26-19-5-3-4-17(12-19)14-28-8-10-31-11-9-28/h3-7,12-13H,8-11,14H2,1-2H3,(H,26,30). The van der Waals surface area contributed by atoms with E-state index in [1.54, 1.807) is 13.8 Å². The second kappa shape index (κ2) is 8.95. The highest BCUT2D eigenvalue weighted by Crippen LogP contribution is 2.22. The van der Waals surface area contributed by atoms with Gasteiger partial charge in [0.15, 0.2) is 5.82 Å². The van der Waals surface area contributed by atoms with Crippen LogP contribution >= 0.6 is 0 Å². The summed E-state index contributed by atoms with van der Waals surface area (Å²) in [6.45, 7) is 7.39. The van der Waals surface area contributed by atoms with Crippen molar-refractivity contribution < 1.29 is 18.3 Å². The first-order chi connectivity index (χ1) is 14.9. The average molecular weight is 426 g/mol. The number of hydrogen-bond donors (Lipinski definition) is 1. The van der Waals surface area contributed by atoms with E-state index < -0.39 is 11.6 Å². The molecule has 0 saturated carbocycles. The number of carbonyl (C=O) groups excluding carboxylic acids is 1. The summed E-state index contributed by atoms with van der Waals surface area (Å²) in [6.07, 6.45) is 0. The zero-order valence-corrected chi connectivity index (χ0v) is 17.5. The summed E-state index contributed by atoms with van der Waals surface area (Å²) in [6, 6.07) is 11.0. The molecule has 1 aromatic heterocycles. The van der Waals surface area contributed by atoms with Crippen LogP contribution in [0.5, 0.6) is 0 Å². The second-order valence-corrected chi connectivity index (χ2v) is 7.60. The highest BCUT2D eigenvalue weighted by molar-refractivity contribution is 6.06. The summed E-state index contributed by atoms with van der Waals surface area (Å²) in [5.74, 6) is -1.74. The number of carbonyl (C=O) groups is 1. The Labute approximate surface area is 179 Å². The Hall–Kier alpha value is -3.10. The van der Waals surface area contributed by atoms with Crippen LogP contribution in [-0.2, 0) is 11.3 Å². The third kappa shape index (κ3) is 4.65. The maximum absolute atomic E-state index is 14.2. The minimum absolute atomic E-state index is 0.0913. The zero-order valence-electron chi connectivity index (χ0n) is 17.5. The first kappa shape index (κ1) is 21.1. The Bertz CT molecular complexity index is 1110. The smallest absolute Gasteiger partial charge is 0.259 e. The lowest BCUT2D eigenvalue weighted by molar-refractivity contribution is 0.0342. The van der Waals surface area contributed by atoms with Gasteiger partial charge in [0.2, 0.25) is 0 Å². The fraction of sp³-hybridized carbons (Fsp3) is 0.304. The second-order valence-electron chi connectivity index (χ2n) is 7.60. The molecule has 0 radical (unpaired) electrons. The molecular weight excluding hydrogens is 402 g/mol. The van der Waals surface area contributed by atoms with Crippen LogP contribution in [-0.4, -0.2) is 46.9 Å². The van der Waals surface area contributed by atoms with Crippen LogP contribution in [0.15, 0.2) is 42.5 Å². The van der Waals surface area contributed by atoms with Gasteiger partial charge in [0.05, 0.1) is 30.2 Å². The molecule has 3 aromatic rings. The fourth-order valence-corrected chi connectivity index (χ4v) is 3.82. The molecule has 4 rings (SSSR count). The number of nitrogens with one attached hydrogen (secondary N) is 1. The lowest BCUT2D eigenvalue weighted by Crippen LogP contribution is -2.35. The molecular formula is C23H24F2N4O2. The normalized spacial score (nSPS) is 14.6. The largest absolute Gasteiger partial charge is 0.379 e. The third-order valence-corrected chi connectivity index (χ3v) is 5.35. The van der Waals surface area contributed by atoms with Gasteiger partial charge in [0.25, 0.3) is 5.91 Å². The highest BCUT2D eigenvalue weighted by atomic mass is 19.1. The summed E-state index contributed by atoms with van der Waals surface area (Å²) in [5, 5.41) is 7.22. The molecule has 1 fully saturated rings. The van der Waals surface area contributed by atoms with E-state index >= 15 is 0 Å². The van der Waals surface area contributed by atoms with Crippen LogP contribution in [0.1, 0.15) is 27.3 Å². The topological polar surface area (TPSA) is 59.4 Å². The molecule has 1 N–H and O–H groups in total. The van der Waals surface area contributed by atoms with Crippen LogP contribution in [0.4, 0.5) is 14.5 Å². The Morgan fingerprint density at radius 2 is 1.90 bits per heavy atom. The first-order valence-corrected chi connectivity index (χ1v) is 10.1. The molecule has 0 aliphatic carbocycles. The first-order valence-electron chi connectivity index (χ1n) is 10.1. The number of aromatic nitrogens is 2. The minimum Gasteiger partial charge on any atom is -0.379 e. The van der Waals surface area contributed by atoms with E-state index in [9.17, 15) is 13.6 Å². The lowest BCUT2D eigenvalue weighted by Gasteiger charge is -2.26. The maximum Gasteiger partial charge on any atom is 0.259 e. The zero-order chi connectivity index (χ0) is 22.0. The van der Waals surface area contributed by atoms with Crippen LogP contribution in [0.2, 0.25) is 0 Å². The van der Waals surface area contributed by atoms with E-state index in [0.29, 0.717) is 22.6 Å². The molecule has 1 aliphatic heterocycles. The summed E-state index contributed by atoms with van der Waals surface area (Å²) in [7, 11) is 0. The van der Waals surface area contributed by atoms with Crippen LogP contribution in [0, 0.1) is 25.5 Å². The molecule has 2 heterocycles. The number of rotatable bonds is 5. The summed E-state index contributed by atoms with van der Waals surface area (Å²) < 4.78 is 34.2. The Kier molecular flexibility index (Phi) is 6.11. The van der Waals surface area contributed by atoms with Crippen LogP contribution in [0.25, 0.3) is 5.69 Å². The molecule has 1 aliphatic rings. The number of benzene rings is 2. The van der Waals surface area contributed by atoms with Gasteiger partial charge in [-0.25, -0.2) is 13.5 Å². The molecule has 6 nitrogen and oxygen atoms in total. The van der Waals surface area contributed by atoms with Gasteiger partial charge in [-0.3, -0.25) is 9.69 Å². The van der Waals surface area contributed by atoms with E-state index in [2.05, 4.69) is 15.3 Å². The van der Waals surface area contributed by atoms with Crippen molar-refractivity contribution in [3.05, 3.63) is 76.6 Å². The number of aryl methyl sites for hydroxylation is 1. The molecule has 0 bridgehead atoms.